The number of hydrogen-bond donors (Lipinski definition) is 2. The predicted molar refractivity (Wildman–Crippen MR) is 87.5 cm³/mol. The van der Waals surface area contributed by atoms with Crippen LogP contribution in [0.15, 0.2) is 18.5 Å². The maximum absolute atomic E-state index is 9.88. The van der Waals surface area contributed by atoms with Crippen LogP contribution in [0.5, 0.6) is 11.5 Å². The van der Waals surface area contributed by atoms with E-state index in [4.69, 9.17) is 4.74 Å². The highest BCUT2D eigenvalue weighted by Gasteiger charge is 2.15. The highest BCUT2D eigenvalue weighted by atomic mass is 16.5. The second kappa shape index (κ2) is 6.81. The van der Waals surface area contributed by atoms with E-state index in [1.54, 1.807) is 25.6 Å². The highest BCUT2D eigenvalue weighted by molar-refractivity contribution is 5.91. The number of phenols is 1. The number of aromatic hydroxyl groups is 1. The van der Waals surface area contributed by atoms with E-state index < -0.39 is 0 Å². The van der Waals surface area contributed by atoms with Crippen LogP contribution >= 0.6 is 0 Å². The largest absolute Gasteiger partial charge is 0.504 e. The Kier molecular flexibility index (Phi) is 4.61. The minimum atomic E-state index is 0.102. The van der Waals surface area contributed by atoms with Crippen LogP contribution in [0.25, 0.3) is 10.9 Å². The number of rotatable bonds is 3. The van der Waals surface area contributed by atoms with Gasteiger partial charge in [-0.3, -0.25) is 0 Å². The maximum atomic E-state index is 9.88. The molecule has 22 heavy (non-hydrogen) atoms. The number of methoxy groups -OCH3 is 1. The Morgan fingerprint density at radius 1 is 1.09 bits per heavy atom. The number of anilines is 1. The second-order valence-corrected chi connectivity index (χ2v) is 5.95. The molecule has 118 valence electrons. The van der Waals surface area contributed by atoms with Gasteiger partial charge in [0, 0.05) is 17.5 Å². The molecule has 5 nitrogen and oxygen atoms in total. The number of nitrogens with one attached hydrogen (secondary N) is 1. The Balaban J connectivity index is 1.89. The number of hydrogen-bond acceptors (Lipinski definition) is 5. The summed E-state index contributed by atoms with van der Waals surface area (Å²) in [6.45, 7) is 0. The van der Waals surface area contributed by atoms with Gasteiger partial charge in [-0.1, -0.05) is 32.1 Å². The Hall–Kier alpha value is -2.04. The summed E-state index contributed by atoms with van der Waals surface area (Å²) in [5.74, 6) is 1.38. The van der Waals surface area contributed by atoms with E-state index in [1.807, 2.05) is 0 Å². The maximum Gasteiger partial charge on any atom is 0.161 e. The van der Waals surface area contributed by atoms with Crippen LogP contribution in [0.4, 0.5) is 5.82 Å². The van der Waals surface area contributed by atoms with Crippen LogP contribution in [0.3, 0.4) is 0 Å². The number of aromatic nitrogens is 2. The van der Waals surface area contributed by atoms with Crippen LogP contribution in [-0.4, -0.2) is 28.2 Å². The molecule has 2 aromatic rings. The van der Waals surface area contributed by atoms with Crippen molar-refractivity contribution in [2.45, 2.75) is 51.0 Å². The molecule has 1 fully saturated rings. The lowest BCUT2D eigenvalue weighted by Gasteiger charge is -2.22. The topological polar surface area (TPSA) is 67.3 Å². The molecule has 0 bridgehead atoms. The third-order valence-electron chi connectivity index (χ3n) is 4.38. The molecule has 1 heterocycles. The first kappa shape index (κ1) is 14.9. The summed E-state index contributed by atoms with van der Waals surface area (Å²) < 4.78 is 5.20. The van der Waals surface area contributed by atoms with Gasteiger partial charge >= 0.3 is 0 Å². The molecule has 0 spiro atoms. The van der Waals surface area contributed by atoms with Gasteiger partial charge in [0.15, 0.2) is 11.5 Å². The number of ether oxygens (including phenoxy) is 1. The summed E-state index contributed by atoms with van der Waals surface area (Å²) in [7, 11) is 1.55. The summed E-state index contributed by atoms with van der Waals surface area (Å²) in [6, 6.07) is 3.88. The molecule has 2 N–H and O–H groups in total. The van der Waals surface area contributed by atoms with Crippen molar-refractivity contribution in [2.24, 2.45) is 0 Å². The zero-order chi connectivity index (χ0) is 15.4. The van der Waals surface area contributed by atoms with E-state index in [1.165, 1.54) is 44.9 Å². The van der Waals surface area contributed by atoms with Crippen molar-refractivity contribution in [1.82, 2.24) is 9.97 Å². The van der Waals surface area contributed by atoms with E-state index in [9.17, 15) is 5.11 Å². The minimum absolute atomic E-state index is 0.102. The quantitative estimate of drug-likeness (QED) is 0.901. The van der Waals surface area contributed by atoms with E-state index in [0.717, 1.165) is 16.7 Å². The Morgan fingerprint density at radius 2 is 1.82 bits per heavy atom. The van der Waals surface area contributed by atoms with Crippen LogP contribution < -0.4 is 10.1 Å². The van der Waals surface area contributed by atoms with Crippen molar-refractivity contribution in [2.75, 3.05) is 12.4 Å². The minimum Gasteiger partial charge on any atom is -0.504 e. The lowest BCUT2D eigenvalue weighted by Crippen LogP contribution is -2.21. The third kappa shape index (κ3) is 3.24. The van der Waals surface area contributed by atoms with Gasteiger partial charge in [-0.25, -0.2) is 9.97 Å². The molecule has 0 saturated heterocycles. The average Bonchev–Trinajstić information content (AvgIpc) is 2.49. The Labute approximate surface area is 130 Å². The molecule has 3 rings (SSSR count). The van der Waals surface area contributed by atoms with E-state index in [0.29, 0.717) is 11.8 Å². The summed E-state index contributed by atoms with van der Waals surface area (Å²) in [5.41, 5.74) is 0.724. The molecule has 5 heteroatoms. The SMILES string of the molecule is COc1cc2c(NC3CCCCCCC3)ncnc2cc1O. The van der Waals surface area contributed by atoms with Crippen molar-refractivity contribution in [3.63, 3.8) is 0 Å². The van der Waals surface area contributed by atoms with Gasteiger partial charge in [0.25, 0.3) is 0 Å². The van der Waals surface area contributed by atoms with Crippen LogP contribution in [0.1, 0.15) is 44.9 Å². The van der Waals surface area contributed by atoms with Gasteiger partial charge in [0.1, 0.15) is 12.1 Å². The van der Waals surface area contributed by atoms with E-state index >= 15 is 0 Å². The molecule has 1 aromatic heterocycles. The van der Waals surface area contributed by atoms with Gasteiger partial charge in [-0.2, -0.15) is 0 Å². The molecular weight excluding hydrogens is 278 g/mol. The zero-order valence-corrected chi connectivity index (χ0v) is 13.0. The molecule has 0 radical (unpaired) electrons. The second-order valence-electron chi connectivity index (χ2n) is 5.95. The Morgan fingerprint density at radius 3 is 2.55 bits per heavy atom. The highest BCUT2D eigenvalue weighted by Crippen LogP contribution is 2.33. The van der Waals surface area contributed by atoms with Crippen LogP contribution in [0, 0.1) is 0 Å². The predicted octanol–water partition coefficient (Wildman–Crippen LogP) is 3.87. The number of phenolic OH excluding ortho intramolecular Hbond substituents is 1. The lowest BCUT2D eigenvalue weighted by atomic mass is 9.96. The fourth-order valence-electron chi connectivity index (χ4n) is 3.14. The summed E-state index contributed by atoms with van der Waals surface area (Å²) in [4.78, 5) is 8.64. The third-order valence-corrected chi connectivity index (χ3v) is 4.38. The van der Waals surface area contributed by atoms with Gasteiger partial charge in [-0.15, -0.1) is 0 Å². The van der Waals surface area contributed by atoms with Crippen molar-refractivity contribution in [1.29, 1.82) is 0 Å². The fourth-order valence-corrected chi connectivity index (χ4v) is 3.14. The molecule has 0 amide bonds. The average molecular weight is 301 g/mol. The standard InChI is InChI=1S/C17H23N3O2/c1-22-16-9-13-14(10-15(16)21)18-11-19-17(13)20-12-7-5-3-2-4-6-8-12/h9-12,21H,2-8H2,1H3,(H,18,19,20). The molecule has 1 aliphatic rings. The first-order valence-corrected chi connectivity index (χ1v) is 8.06. The van der Waals surface area contributed by atoms with Crippen molar-refractivity contribution >= 4 is 16.7 Å². The smallest absolute Gasteiger partial charge is 0.161 e. The first-order valence-electron chi connectivity index (χ1n) is 8.06. The van der Waals surface area contributed by atoms with Gasteiger partial charge < -0.3 is 15.2 Å². The van der Waals surface area contributed by atoms with Crippen molar-refractivity contribution in [3.05, 3.63) is 18.5 Å². The monoisotopic (exact) mass is 301 g/mol. The number of nitrogens with zero attached hydrogens (tertiary/aromatic N) is 2. The molecule has 1 aliphatic carbocycles. The molecule has 0 atom stereocenters. The molecule has 0 aliphatic heterocycles. The lowest BCUT2D eigenvalue weighted by molar-refractivity contribution is 0.374. The molecular formula is C17H23N3O2. The van der Waals surface area contributed by atoms with E-state index in [2.05, 4.69) is 15.3 Å². The number of fused-ring (bicyclic) bond motifs is 1. The summed E-state index contributed by atoms with van der Waals surface area (Å²) in [5, 5.41) is 14.3. The van der Waals surface area contributed by atoms with E-state index in [-0.39, 0.29) is 5.75 Å². The first-order chi connectivity index (χ1) is 10.8. The zero-order valence-electron chi connectivity index (χ0n) is 13.0. The molecule has 1 saturated carbocycles. The van der Waals surface area contributed by atoms with Gasteiger partial charge in [0.05, 0.1) is 12.6 Å². The van der Waals surface area contributed by atoms with Crippen LogP contribution in [-0.2, 0) is 0 Å². The fraction of sp³-hybridized carbons (Fsp3) is 0.529. The summed E-state index contributed by atoms with van der Waals surface area (Å²) >= 11 is 0. The van der Waals surface area contributed by atoms with Crippen LogP contribution in [0.2, 0.25) is 0 Å². The van der Waals surface area contributed by atoms with Gasteiger partial charge in [0.2, 0.25) is 0 Å². The van der Waals surface area contributed by atoms with Gasteiger partial charge in [-0.05, 0) is 18.9 Å². The normalized spacial score (nSPS) is 17.0. The van der Waals surface area contributed by atoms with Crippen molar-refractivity contribution < 1.29 is 9.84 Å². The summed E-state index contributed by atoms with van der Waals surface area (Å²) in [6.07, 6.45) is 10.4. The Bertz CT molecular complexity index is 637. The van der Waals surface area contributed by atoms with Crippen molar-refractivity contribution in [3.8, 4) is 11.5 Å². The molecule has 0 unspecified atom stereocenters. The molecule has 1 aromatic carbocycles. The number of benzene rings is 1.